The van der Waals surface area contributed by atoms with E-state index in [0.29, 0.717) is 12.8 Å². The van der Waals surface area contributed by atoms with E-state index in [2.05, 4.69) is 4.90 Å². The summed E-state index contributed by atoms with van der Waals surface area (Å²) in [5, 5.41) is 0. The molecule has 0 amide bonds. The van der Waals surface area contributed by atoms with Crippen LogP contribution in [-0.4, -0.2) is 42.4 Å². The van der Waals surface area contributed by atoms with Gasteiger partial charge in [0.15, 0.2) is 0 Å². The third kappa shape index (κ3) is 3.93. The first-order chi connectivity index (χ1) is 7.29. The highest BCUT2D eigenvalue weighted by Gasteiger charge is 2.32. The molecule has 16 heavy (non-hydrogen) atoms. The van der Waals surface area contributed by atoms with Gasteiger partial charge in [-0.15, -0.1) is 0 Å². The minimum absolute atomic E-state index is 0.0126. The van der Waals surface area contributed by atoms with E-state index in [-0.39, 0.29) is 11.8 Å². The molecule has 1 fully saturated rings. The van der Waals surface area contributed by atoms with Crippen molar-refractivity contribution in [2.45, 2.75) is 39.2 Å². The number of nitrogens with zero attached hydrogens (tertiary/aromatic N) is 1. The van der Waals surface area contributed by atoms with Crippen molar-refractivity contribution in [1.29, 1.82) is 0 Å². The lowest BCUT2D eigenvalue weighted by molar-refractivity contribution is -0.162. The minimum Gasteiger partial charge on any atom is -0.459 e. The molecule has 0 spiro atoms. The molecule has 1 rings (SSSR count). The molecule has 0 bridgehead atoms. The maximum Gasteiger partial charge on any atom is 0.317 e. The average Bonchev–Trinajstić information content (AvgIpc) is 2.26. The van der Waals surface area contributed by atoms with Crippen LogP contribution in [0.5, 0.6) is 0 Å². The fourth-order valence-electron chi connectivity index (χ4n) is 1.72. The summed E-state index contributed by atoms with van der Waals surface area (Å²) in [5.74, 6) is -0.921. The highest BCUT2D eigenvalue weighted by atomic mass is 16.6. The van der Waals surface area contributed by atoms with Gasteiger partial charge in [0.1, 0.15) is 17.3 Å². The summed E-state index contributed by atoms with van der Waals surface area (Å²) in [6.45, 7) is 6.96. The number of esters is 1. The number of Topliss-reactive ketones (excluding diaryl/α,β-unsaturated/α-hetero) is 1. The number of hydrogen-bond acceptors (Lipinski definition) is 4. The molecule has 1 unspecified atom stereocenters. The van der Waals surface area contributed by atoms with Gasteiger partial charge in [-0.1, -0.05) is 0 Å². The molecule has 0 aromatic heterocycles. The summed E-state index contributed by atoms with van der Waals surface area (Å²) in [6, 6.07) is 0. The van der Waals surface area contributed by atoms with Gasteiger partial charge in [0.2, 0.25) is 0 Å². The maximum absolute atomic E-state index is 11.8. The van der Waals surface area contributed by atoms with E-state index < -0.39 is 11.5 Å². The van der Waals surface area contributed by atoms with E-state index in [9.17, 15) is 9.59 Å². The third-order valence-corrected chi connectivity index (χ3v) is 2.62. The van der Waals surface area contributed by atoms with Gasteiger partial charge in [-0.3, -0.25) is 9.59 Å². The van der Waals surface area contributed by atoms with Crippen molar-refractivity contribution in [1.82, 2.24) is 4.90 Å². The summed E-state index contributed by atoms with van der Waals surface area (Å²) in [6.07, 6.45) is 1.02. The monoisotopic (exact) mass is 227 g/mol. The Bertz CT molecular complexity index is 280. The molecule has 0 aromatic carbocycles. The van der Waals surface area contributed by atoms with Gasteiger partial charge >= 0.3 is 5.97 Å². The predicted octanol–water partition coefficient (Wildman–Crippen LogP) is 1.24. The number of ether oxygens (including phenoxy) is 1. The van der Waals surface area contributed by atoms with Crippen LogP contribution in [0.15, 0.2) is 0 Å². The van der Waals surface area contributed by atoms with Crippen molar-refractivity contribution < 1.29 is 14.3 Å². The van der Waals surface area contributed by atoms with E-state index in [1.165, 1.54) is 0 Å². The van der Waals surface area contributed by atoms with Gasteiger partial charge in [-0.05, 0) is 40.8 Å². The molecule has 1 heterocycles. The first kappa shape index (κ1) is 13.2. The van der Waals surface area contributed by atoms with E-state index in [1.807, 2.05) is 27.8 Å². The zero-order chi connectivity index (χ0) is 12.3. The molecular weight excluding hydrogens is 206 g/mol. The van der Waals surface area contributed by atoms with Crippen LogP contribution in [0.2, 0.25) is 0 Å². The Labute approximate surface area is 96.9 Å². The van der Waals surface area contributed by atoms with Gasteiger partial charge in [-0.25, -0.2) is 0 Å². The van der Waals surface area contributed by atoms with Crippen LogP contribution in [-0.2, 0) is 14.3 Å². The van der Waals surface area contributed by atoms with Crippen LogP contribution in [0.1, 0.15) is 33.6 Å². The Kier molecular flexibility index (Phi) is 4.08. The van der Waals surface area contributed by atoms with E-state index in [0.717, 1.165) is 13.1 Å². The van der Waals surface area contributed by atoms with Crippen molar-refractivity contribution in [3.63, 3.8) is 0 Å². The molecule has 4 nitrogen and oxygen atoms in total. The molecule has 1 atom stereocenters. The summed E-state index contributed by atoms with van der Waals surface area (Å²) >= 11 is 0. The van der Waals surface area contributed by atoms with E-state index >= 15 is 0 Å². The summed E-state index contributed by atoms with van der Waals surface area (Å²) in [4.78, 5) is 25.7. The summed E-state index contributed by atoms with van der Waals surface area (Å²) in [7, 11) is 1.96. The van der Waals surface area contributed by atoms with Crippen LogP contribution < -0.4 is 0 Å². The van der Waals surface area contributed by atoms with Crippen LogP contribution in [0.3, 0.4) is 0 Å². The van der Waals surface area contributed by atoms with E-state index in [1.54, 1.807) is 0 Å². The predicted molar refractivity (Wildman–Crippen MR) is 61.1 cm³/mol. The number of rotatable bonds is 1. The lowest BCUT2D eigenvalue weighted by Crippen LogP contribution is -2.32. The average molecular weight is 227 g/mol. The number of carbonyl (C=O) groups excluding carboxylic acids is 2. The van der Waals surface area contributed by atoms with E-state index in [4.69, 9.17) is 4.74 Å². The minimum atomic E-state index is -0.566. The SMILES string of the molecule is CN1CCC(=O)C(C(=O)OC(C)(C)C)CC1. The molecule has 4 heteroatoms. The van der Waals surface area contributed by atoms with Crippen LogP contribution in [0.25, 0.3) is 0 Å². The van der Waals surface area contributed by atoms with Crippen LogP contribution in [0, 0.1) is 5.92 Å². The Balaban J connectivity index is 2.63. The van der Waals surface area contributed by atoms with Gasteiger partial charge in [-0.2, -0.15) is 0 Å². The fraction of sp³-hybridized carbons (Fsp3) is 0.833. The highest BCUT2D eigenvalue weighted by Crippen LogP contribution is 2.18. The van der Waals surface area contributed by atoms with Crippen molar-refractivity contribution in [2.75, 3.05) is 20.1 Å². The second-order valence-electron chi connectivity index (χ2n) is 5.39. The van der Waals surface area contributed by atoms with Crippen molar-refractivity contribution >= 4 is 11.8 Å². The van der Waals surface area contributed by atoms with Gasteiger partial charge in [0.25, 0.3) is 0 Å². The van der Waals surface area contributed by atoms with Crippen LogP contribution >= 0.6 is 0 Å². The molecular formula is C12H21NO3. The first-order valence-electron chi connectivity index (χ1n) is 5.74. The second-order valence-corrected chi connectivity index (χ2v) is 5.39. The smallest absolute Gasteiger partial charge is 0.317 e. The Morgan fingerprint density at radius 1 is 1.38 bits per heavy atom. The topological polar surface area (TPSA) is 46.6 Å². The highest BCUT2D eigenvalue weighted by molar-refractivity contribution is 5.99. The fourth-order valence-corrected chi connectivity index (χ4v) is 1.72. The first-order valence-corrected chi connectivity index (χ1v) is 5.74. The molecule has 1 aliphatic rings. The van der Waals surface area contributed by atoms with Crippen molar-refractivity contribution in [2.24, 2.45) is 5.92 Å². The van der Waals surface area contributed by atoms with Crippen molar-refractivity contribution in [3.05, 3.63) is 0 Å². The number of carbonyl (C=O) groups is 2. The lowest BCUT2D eigenvalue weighted by Gasteiger charge is -2.22. The standard InChI is InChI=1S/C12H21NO3/c1-12(2,3)16-11(15)9-5-7-13(4)8-6-10(9)14/h9H,5-8H2,1-4H3. The largest absolute Gasteiger partial charge is 0.459 e. The van der Waals surface area contributed by atoms with Crippen LogP contribution in [0.4, 0.5) is 0 Å². The Morgan fingerprint density at radius 2 is 2.00 bits per heavy atom. The second kappa shape index (κ2) is 4.95. The Morgan fingerprint density at radius 3 is 2.56 bits per heavy atom. The molecule has 0 radical (unpaired) electrons. The van der Waals surface area contributed by atoms with Gasteiger partial charge in [0.05, 0.1) is 0 Å². The third-order valence-electron chi connectivity index (χ3n) is 2.62. The normalized spacial score (nSPS) is 24.0. The summed E-state index contributed by atoms with van der Waals surface area (Å²) in [5.41, 5.74) is -0.518. The lowest BCUT2D eigenvalue weighted by atomic mass is 9.99. The molecule has 0 saturated carbocycles. The Hall–Kier alpha value is -0.900. The number of ketones is 1. The number of likely N-dealkylation sites (tertiary alicyclic amines) is 1. The van der Waals surface area contributed by atoms with Crippen molar-refractivity contribution in [3.8, 4) is 0 Å². The molecule has 1 saturated heterocycles. The maximum atomic E-state index is 11.8. The molecule has 0 aliphatic carbocycles. The quantitative estimate of drug-likeness (QED) is 0.499. The zero-order valence-corrected chi connectivity index (χ0v) is 10.6. The summed E-state index contributed by atoms with van der Waals surface area (Å²) < 4.78 is 5.26. The molecule has 0 N–H and O–H groups in total. The van der Waals surface area contributed by atoms with Gasteiger partial charge < -0.3 is 9.64 Å². The molecule has 1 aliphatic heterocycles. The zero-order valence-electron chi connectivity index (χ0n) is 10.6. The van der Waals surface area contributed by atoms with Gasteiger partial charge in [0, 0.05) is 13.0 Å². The molecule has 0 aromatic rings. The number of hydrogen-bond donors (Lipinski definition) is 0. The molecule has 92 valence electrons.